The van der Waals surface area contributed by atoms with Gasteiger partial charge in [-0.3, -0.25) is 9.69 Å². The number of rotatable bonds is 4. The third kappa shape index (κ3) is 2.33. The predicted molar refractivity (Wildman–Crippen MR) is 38.8 cm³/mol. The number of hydrogen-bond acceptors (Lipinski definition) is 3. The summed E-state index contributed by atoms with van der Waals surface area (Å²) in [5.41, 5.74) is 5.23. The van der Waals surface area contributed by atoms with Crippen LogP contribution in [-0.4, -0.2) is 42.2 Å². The van der Waals surface area contributed by atoms with E-state index >= 15 is 0 Å². The Labute approximate surface area is 60.6 Å². The molecule has 0 aliphatic carbocycles. The third-order valence-corrected chi connectivity index (χ3v) is 1.54. The zero-order valence-electron chi connectivity index (χ0n) is 6.37. The van der Waals surface area contributed by atoms with Gasteiger partial charge in [-0.1, -0.05) is 6.92 Å². The molecule has 0 rings (SSSR count). The van der Waals surface area contributed by atoms with Gasteiger partial charge in [0, 0.05) is 6.54 Å². The van der Waals surface area contributed by atoms with E-state index in [1.165, 1.54) is 0 Å². The molecule has 0 aromatic rings. The zero-order valence-corrected chi connectivity index (χ0v) is 6.37. The standard InChI is InChI=1S/C6H14N2O2/c1-3-8(2)5(4-7)6(9)10/h5H,3-4,7H2,1-2H3,(H,9,10). The first kappa shape index (κ1) is 9.39. The van der Waals surface area contributed by atoms with Crippen molar-refractivity contribution in [2.75, 3.05) is 20.1 Å². The molecule has 0 saturated heterocycles. The first-order chi connectivity index (χ1) is 4.63. The average molecular weight is 146 g/mol. The topological polar surface area (TPSA) is 66.6 Å². The van der Waals surface area contributed by atoms with Crippen LogP contribution < -0.4 is 5.73 Å². The minimum Gasteiger partial charge on any atom is -0.480 e. The van der Waals surface area contributed by atoms with Crippen molar-refractivity contribution < 1.29 is 9.90 Å². The molecule has 0 heterocycles. The van der Waals surface area contributed by atoms with Crippen LogP contribution in [0.2, 0.25) is 0 Å². The Balaban J connectivity index is 3.92. The Bertz CT molecular complexity index is 116. The van der Waals surface area contributed by atoms with E-state index in [-0.39, 0.29) is 6.54 Å². The Morgan fingerprint density at radius 2 is 2.30 bits per heavy atom. The number of carbonyl (C=O) groups is 1. The second-order valence-electron chi connectivity index (χ2n) is 2.16. The normalized spacial score (nSPS) is 13.6. The van der Waals surface area contributed by atoms with Crippen molar-refractivity contribution in [1.82, 2.24) is 4.90 Å². The van der Waals surface area contributed by atoms with Gasteiger partial charge >= 0.3 is 5.97 Å². The molecule has 0 radical (unpaired) electrons. The summed E-state index contributed by atoms with van der Waals surface area (Å²) in [6.45, 7) is 2.76. The van der Waals surface area contributed by atoms with Crippen molar-refractivity contribution in [2.45, 2.75) is 13.0 Å². The summed E-state index contributed by atoms with van der Waals surface area (Å²) in [5.74, 6) is -0.855. The average Bonchev–Trinajstić information content (AvgIpc) is 1.88. The van der Waals surface area contributed by atoms with E-state index in [1.54, 1.807) is 11.9 Å². The summed E-state index contributed by atoms with van der Waals surface area (Å²) in [6.07, 6.45) is 0. The largest absolute Gasteiger partial charge is 0.480 e. The number of aliphatic carboxylic acids is 1. The van der Waals surface area contributed by atoms with Crippen molar-refractivity contribution >= 4 is 5.97 Å². The molecule has 0 aromatic heterocycles. The van der Waals surface area contributed by atoms with Crippen LogP contribution in [-0.2, 0) is 4.79 Å². The Hall–Kier alpha value is -0.610. The highest BCUT2D eigenvalue weighted by atomic mass is 16.4. The lowest BCUT2D eigenvalue weighted by Crippen LogP contribution is -2.43. The van der Waals surface area contributed by atoms with E-state index in [2.05, 4.69) is 0 Å². The lowest BCUT2D eigenvalue weighted by atomic mass is 10.3. The maximum atomic E-state index is 10.4. The number of nitrogens with zero attached hydrogens (tertiary/aromatic N) is 1. The Morgan fingerprint density at radius 3 is 2.40 bits per heavy atom. The minimum atomic E-state index is -0.855. The maximum Gasteiger partial charge on any atom is 0.322 e. The molecule has 1 atom stereocenters. The lowest BCUT2D eigenvalue weighted by Gasteiger charge is -2.20. The van der Waals surface area contributed by atoms with Gasteiger partial charge in [0.05, 0.1) is 0 Å². The fraction of sp³-hybridized carbons (Fsp3) is 0.833. The number of nitrogens with two attached hydrogens (primary N) is 1. The molecule has 4 heteroatoms. The van der Waals surface area contributed by atoms with Crippen LogP contribution in [0.25, 0.3) is 0 Å². The van der Waals surface area contributed by atoms with Crippen LogP contribution in [0.15, 0.2) is 0 Å². The van der Waals surface area contributed by atoms with E-state index in [1.807, 2.05) is 6.92 Å². The van der Waals surface area contributed by atoms with Crippen LogP contribution in [0.3, 0.4) is 0 Å². The molecule has 0 aliphatic rings. The van der Waals surface area contributed by atoms with Gasteiger partial charge in [-0.05, 0) is 13.6 Å². The van der Waals surface area contributed by atoms with E-state index in [9.17, 15) is 4.79 Å². The molecule has 0 bridgehead atoms. The van der Waals surface area contributed by atoms with E-state index in [0.717, 1.165) is 0 Å². The predicted octanol–water partition coefficient (Wildman–Crippen LogP) is -0.650. The SMILES string of the molecule is CCN(C)C(CN)C(=O)O. The molecular weight excluding hydrogens is 132 g/mol. The highest BCUT2D eigenvalue weighted by Crippen LogP contribution is 1.92. The van der Waals surface area contributed by atoms with Crippen molar-refractivity contribution in [2.24, 2.45) is 5.73 Å². The van der Waals surface area contributed by atoms with E-state index in [0.29, 0.717) is 6.54 Å². The highest BCUT2D eigenvalue weighted by molar-refractivity contribution is 5.73. The van der Waals surface area contributed by atoms with Crippen LogP contribution >= 0.6 is 0 Å². The van der Waals surface area contributed by atoms with Gasteiger partial charge in [-0.25, -0.2) is 0 Å². The number of carboxylic acids is 1. The van der Waals surface area contributed by atoms with Crippen molar-refractivity contribution in [3.63, 3.8) is 0 Å². The third-order valence-electron chi connectivity index (χ3n) is 1.54. The van der Waals surface area contributed by atoms with Crippen LogP contribution in [0.5, 0.6) is 0 Å². The molecular formula is C6H14N2O2. The second-order valence-corrected chi connectivity index (χ2v) is 2.16. The maximum absolute atomic E-state index is 10.4. The number of carboxylic acid groups (broad SMARTS) is 1. The fourth-order valence-electron chi connectivity index (χ4n) is 0.690. The molecule has 10 heavy (non-hydrogen) atoms. The van der Waals surface area contributed by atoms with Gasteiger partial charge in [-0.2, -0.15) is 0 Å². The van der Waals surface area contributed by atoms with Gasteiger partial charge in [-0.15, -0.1) is 0 Å². The van der Waals surface area contributed by atoms with Gasteiger partial charge in [0.2, 0.25) is 0 Å². The molecule has 1 unspecified atom stereocenters. The second kappa shape index (κ2) is 4.24. The summed E-state index contributed by atoms with van der Waals surface area (Å²) >= 11 is 0. The monoisotopic (exact) mass is 146 g/mol. The van der Waals surface area contributed by atoms with Gasteiger partial charge in [0.25, 0.3) is 0 Å². The number of likely N-dealkylation sites (N-methyl/N-ethyl adjacent to an activating group) is 1. The Kier molecular flexibility index (Phi) is 3.99. The molecule has 0 spiro atoms. The fourth-order valence-corrected chi connectivity index (χ4v) is 0.690. The van der Waals surface area contributed by atoms with Gasteiger partial charge in [0.1, 0.15) is 6.04 Å². The van der Waals surface area contributed by atoms with Crippen LogP contribution in [0.4, 0.5) is 0 Å². The molecule has 4 nitrogen and oxygen atoms in total. The summed E-state index contributed by atoms with van der Waals surface area (Å²) in [4.78, 5) is 12.1. The molecule has 0 amide bonds. The summed E-state index contributed by atoms with van der Waals surface area (Å²) < 4.78 is 0. The molecule has 0 fully saturated rings. The molecule has 60 valence electrons. The van der Waals surface area contributed by atoms with E-state index in [4.69, 9.17) is 10.8 Å². The van der Waals surface area contributed by atoms with E-state index < -0.39 is 12.0 Å². The molecule has 0 aromatic carbocycles. The van der Waals surface area contributed by atoms with Gasteiger partial charge < -0.3 is 10.8 Å². The Morgan fingerprint density at radius 1 is 1.80 bits per heavy atom. The van der Waals surface area contributed by atoms with Crippen molar-refractivity contribution in [3.8, 4) is 0 Å². The first-order valence-electron chi connectivity index (χ1n) is 3.26. The first-order valence-corrected chi connectivity index (χ1v) is 3.26. The molecule has 0 aliphatic heterocycles. The van der Waals surface area contributed by atoms with Crippen LogP contribution in [0.1, 0.15) is 6.92 Å². The smallest absolute Gasteiger partial charge is 0.322 e. The lowest BCUT2D eigenvalue weighted by molar-refractivity contribution is -0.142. The highest BCUT2D eigenvalue weighted by Gasteiger charge is 2.18. The summed E-state index contributed by atoms with van der Waals surface area (Å²) in [6, 6.07) is -0.537. The van der Waals surface area contributed by atoms with Crippen molar-refractivity contribution in [3.05, 3.63) is 0 Å². The zero-order chi connectivity index (χ0) is 8.15. The quantitative estimate of drug-likeness (QED) is 0.553. The van der Waals surface area contributed by atoms with Gasteiger partial charge in [0.15, 0.2) is 0 Å². The van der Waals surface area contributed by atoms with Crippen molar-refractivity contribution in [1.29, 1.82) is 0 Å². The summed E-state index contributed by atoms with van der Waals surface area (Å²) in [7, 11) is 1.74. The number of hydrogen-bond donors (Lipinski definition) is 2. The molecule has 3 N–H and O–H groups in total. The van der Waals surface area contributed by atoms with Crippen LogP contribution in [0, 0.1) is 0 Å². The summed E-state index contributed by atoms with van der Waals surface area (Å²) in [5, 5.41) is 8.55. The molecule has 0 saturated carbocycles. The minimum absolute atomic E-state index is 0.166.